The Morgan fingerprint density at radius 1 is 1.83 bits per heavy atom. The molecule has 0 aromatic heterocycles. The van der Waals surface area contributed by atoms with Crippen LogP contribution in [0.4, 0.5) is 0 Å². The lowest BCUT2D eigenvalue weighted by Gasteiger charge is -1.99. The van der Waals surface area contributed by atoms with Gasteiger partial charge < -0.3 is 9.47 Å². The maximum atomic E-state index is 10.8. The molecule has 0 N–H and O–H groups in total. The summed E-state index contributed by atoms with van der Waals surface area (Å²) in [5.41, 5.74) is 0. The Kier molecular flexibility index (Phi) is 3.29. The second-order valence-corrected chi connectivity index (χ2v) is 2.84. The van der Waals surface area contributed by atoms with Crippen LogP contribution >= 0.6 is 0 Å². The molecule has 0 aromatic carbocycles. The van der Waals surface area contributed by atoms with Crippen molar-refractivity contribution in [1.29, 1.82) is 0 Å². The zero-order valence-corrected chi connectivity index (χ0v) is 7.45. The molecule has 0 saturated carbocycles. The minimum absolute atomic E-state index is 0.273. The highest BCUT2D eigenvalue weighted by Crippen LogP contribution is 2.20. The van der Waals surface area contributed by atoms with Crippen LogP contribution in [0.1, 0.15) is 13.8 Å². The maximum Gasteiger partial charge on any atom is 0.330 e. The molecule has 1 fully saturated rings. The molecule has 1 aliphatic rings. The van der Waals surface area contributed by atoms with Crippen molar-refractivity contribution >= 4 is 5.97 Å². The summed E-state index contributed by atoms with van der Waals surface area (Å²) in [7, 11) is 0. The molecule has 0 aromatic rings. The van der Waals surface area contributed by atoms with Gasteiger partial charge in [0.05, 0.1) is 19.3 Å². The number of hydrogen-bond acceptors (Lipinski definition) is 3. The van der Waals surface area contributed by atoms with Gasteiger partial charge in [0.1, 0.15) is 0 Å². The first-order chi connectivity index (χ1) is 5.74. The van der Waals surface area contributed by atoms with Gasteiger partial charge in [0.2, 0.25) is 0 Å². The van der Waals surface area contributed by atoms with E-state index in [0.29, 0.717) is 18.6 Å². The predicted octanol–water partition coefficient (Wildman–Crippen LogP) is 1.14. The zero-order valence-electron chi connectivity index (χ0n) is 7.45. The van der Waals surface area contributed by atoms with Crippen molar-refractivity contribution in [3.8, 4) is 0 Å². The molecule has 0 aliphatic carbocycles. The molecule has 0 unspecified atom stereocenters. The van der Waals surface area contributed by atoms with Crippen LogP contribution < -0.4 is 0 Å². The minimum atomic E-state index is -0.273. The Hall–Kier alpha value is -0.830. The van der Waals surface area contributed by atoms with Crippen LogP contribution in [-0.2, 0) is 14.3 Å². The third-order valence-corrected chi connectivity index (χ3v) is 1.77. The zero-order chi connectivity index (χ0) is 8.97. The van der Waals surface area contributed by atoms with Crippen molar-refractivity contribution in [2.75, 3.05) is 13.2 Å². The average Bonchev–Trinajstić information content (AvgIpc) is 2.83. The summed E-state index contributed by atoms with van der Waals surface area (Å²) < 4.78 is 9.79. The van der Waals surface area contributed by atoms with Gasteiger partial charge in [0, 0.05) is 12.0 Å². The van der Waals surface area contributed by atoms with E-state index in [9.17, 15) is 4.79 Å². The lowest BCUT2D eigenvalue weighted by atomic mass is 10.1. The van der Waals surface area contributed by atoms with E-state index in [4.69, 9.17) is 9.47 Å². The fourth-order valence-corrected chi connectivity index (χ4v) is 0.904. The molecule has 0 bridgehead atoms. The number of rotatable bonds is 4. The van der Waals surface area contributed by atoms with Crippen LogP contribution in [-0.4, -0.2) is 25.3 Å². The van der Waals surface area contributed by atoms with Crippen molar-refractivity contribution < 1.29 is 14.3 Å². The predicted molar refractivity (Wildman–Crippen MR) is 44.7 cm³/mol. The number of hydrogen-bond donors (Lipinski definition) is 0. The fourth-order valence-electron chi connectivity index (χ4n) is 0.904. The first-order valence-electron chi connectivity index (χ1n) is 4.20. The second-order valence-electron chi connectivity index (χ2n) is 2.84. The molecule has 1 rings (SSSR count). The summed E-state index contributed by atoms with van der Waals surface area (Å²) in [5.74, 6) is 0.0411. The number of carbonyl (C=O) groups excluding carboxylic acids is 1. The van der Waals surface area contributed by atoms with Crippen LogP contribution in [0.15, 0.2) is 12.2 Å². The molecule has 1 saturated heterocycles. The largest absolute Gasteiger partial charge is 0.463 e. The summed E-state index contributed by atoms with van der Waals surface area (Å²) >= 11 is 0. The van der Waals surface area contributed by atoms with E-state index >= 15 is 0 Å². The highest BCUT2D eigenvalue weighted by Gasteiger charge is 2.27. The van der Waals surface area contributed by atoms with Gasteiger partial charge >= 0.3 is 5.97 Å². The number of epoxide rings is 1. The maximum absolute atomic E-state index is 10.8. The molecular weight excluding hydrogens is 156 g/mol. The Labute approximate surface area is 72.4 Å². The Morgan fingerprint density at radius 2 is 2.50 bits per heavy atom. The first kappa shape index (κ1) is 9.26. The van der Waals surface area contributed by atoms with Gasteiger partial charge in [0.25, 0.3) is 0 Å². The minimum Gasteiger partial charge on any atom is -0.463 e. The third kappa shape index (κ3) is 3.05. The molecule has 1 heterocycles. The summed E-state index contributed by atoms with van der Waals surface area (Å²) in [6.45, 7) is 5.05. The molecule has 12 heavy (non-hydrogen) atoms. The van der Waals surface area contributed by atoms with Gasteiger partial charge in [-0.2, -0.15) is 0 Å². The monoisotopic (exact) mass is 170 g/mol. The van der Waals surface area contributed by atoms with Crippen LogP contribution in [0.2, 0.25) is 0 Å². The fraction of sp³-hybridized carbons (Fsp3) is 0.667. The van der Waals surface area contributed by atoms with E-state index in [-0.39, 0.29) is 5.97 Å². The van der Waals surface area contributed by atoms with E-state index < -0.39 is 0 Å². The third-order valence-electron chi connectivity index (χ3n) is 1.77. The summed E-state index contributed by atoms with van der Waals surface area (Å²) in [6.07, 6.45) is 3.61. The van der Waals surface area contributed by atoms with Crippen molar-refractivity contribution in [1.82, 2.24) is 0 Å². The summed E-state index contributed by atoms with van der Waals surface area (Å²) in [4.78, 5) is 10.8. The highest BCUT2D eigenvalue weighted by atomic mass is 16.6. The smallest absolute Gasteiger partial charge is 0.330 e. The van der Waals surface area contributed by atoms with Crippen LogP contribution in [0, 0.1) is 5.92 Å². The van der Waals surface area contributed by atoms with E-state index in [1.165, 1.54) is 6.08 Å². The van der Waals surface area contributed by atoms with Crippen LogP contribution in [0.5, 0.6) is 0 Å². The molecule has 2 atom stereocenters. The topological polar surface area (TPSA) is 38.8 Å². The molecule has 0 amide bonds. The molecule has 68 valence electrons. The molecule has 0 spiro atoms. The Bertz CT molecular complexity index is 182. The summed E-state index contributed by atoms with van der Waals surface area (Å²) in [6, 6.07) is 0. The van der Waals surface area contributed by atoms with E-state index in [1.807, 2.05) is 13.0 Å². The van der Waals surface area contributed by atoms with Crippen molar-refractivity contribution in [2.24, 2.45) is 5.92 Å². The van der Waals surface area contributed by atoms with E-state index in [2.05, 4.69) is 0 Å². The lowest BCUT2D eigenvalue weighted by Crippen LogP contribution is -2.03. The number of ether oxygens (including phenoxy) is 2. The molecule has 3 nitrogen and oxygen atoms in total. The normalized spacial score (nSPS) is 24.0. The van der Waals surface area contributed by atoms with Gasteiger partial charge in [-0.05, 0) is 6.92 Å². The molecular formula is C9H14O3. The van der Waals surface area contributed by atoms with Crippen molar-refractivity contribution in [2.45, 2.75) is 20.0 Å². The van der Waals surface area contributed by atoms with E-state index in [0.717, 1.165) is 6.61 Å². The lowest BCUT2D eigenvalue weighted by molar-refractivity contribution is -0.137. The summed E-state index contributed by atoms with van der Waals surface area (Å²) in [5, 5.41) is 0. The standard InChI is InChI=1S/C9H14O3/c1-3-11-9(10)5-4-7(2)8-6-12-8/h4-5,7-8H,3,6H2,1-2H3/t7-,8+/m1/s1. The van der Waals surface area contributed by atoms with Crippen molar-refractivity contribution in [3.63, 3.8) is 0 Å². The van der Waals surface area contributed by atoms with E-state index in [1.54, 1.807) is 6.92 Å². The van der Waals surface area contributed by atoms with Crippen LogP contribution in [0.3, 0.4) is 0 Å². The van der Waals surface area contributed by atoms with Crippen LogP contribution in [0.25, 0.3) is 0 Å². The highest BCUT2D eigenvalue weighted by molar-refractivity contribution is 5.81. The average molecular weight is 170 g/mol. The van der Waals surface area contributed by atoms with Gasteiger partial charge in [-0.25, -0.2) is 4.79 Å². The molecule has 3 heteroatoms. The van der Waals surface area contributed by atoms with Gasteiger partial charge in [-0.15, -0.1) is 0 Å². The van der Waals surface area contributed by atoms with Gasteiger partial charge in [0.15, 0.2) is 0 Å². The Morgan fingerprint density at radius 3 is 3.00 bits per heavy atom. The van der Waals surface area contributed by atoms with Crippen molar-refractivity contribution in [3.05, 3.63) is 12.2 Å². The van der Waals surface area contributed by atoms with Gasteiger partial charge in [-0.3, -0.25) is 0 Å². The molecule has 0 radical (unpaired) electrons. The Balaban J connectivity index is 2.22. The second kappa shape index (κ2) is 4.26. The molecule has 1 aliphatic heterocycles. The quantitative estimate of drug-likeness (QED) is 0.361. The number of carbonyl (C=O) groups is 1. The first-order valence-corrected chi connectivity index (χ1v) is 4.20. The van der Waals surface area contributed by atoms with Gasteiger partial charge in [-0.1, -0.05) is 13.0 Å². The number of esters is 1. The SMILES string of the molecule is CCOC(=O)C=C[C@@H](C)[C@@H]1CO1.